The highest BCUT2D eigenvalue weighted by Gasteiger charge is 2.07. The molecule has 7 nitrogen and oxygen atoms in total. The number of aromatic amines is 1. The van der Waals surface area contributed by atoms with Gasteiger partial charge in [0.2, 0.25) is 0 Å². The van der Waals surface area contributed by atoms with Crippen molar-refractivity contribution < 1.29 is 4.79 Å². The average Bonchev–Trinajstić information content (AvgIpc) is 2.95. The van der Waals surface area contributed by atoms with Crippen molar-refractivity contribution in [1.82, 2.24) is 30.3 Å². The molecule has 2 heterocycles. The summed E-state index contributed by atoms with van der Waals surface area (Å²) in [6.07, 6.45) is 4.79. The Hall–Kier alpha value is -2.18. The minimum atomic E-state index is -0.150. The van der Waals surface area contributed by atoms with Crippen LogP contribution in [0.15, 0.2) is 18.6 Å². The third kappa shape index (κ3) is 3.13. The van der Waals surface area contributed by atoms with E-state index in [4.69, 9.17) is 0 Å². The van der Waals surface area contributed by atoms with Crippen LogP contribution in [-0.4, -0.2) is 37.4 Å². The lowest BCUT2D eigenvalue weighted by atomic mass is 10.3. The third-order valence-corrected chi connectivity index (χ3v) is 2.29. The maximum atomic E-state index is 11.6. The summed E-state index contributed by atoms with van der Waals surface area (Å²) < 4.78 is 1.60. The zero-order chi connectivity index (χ0) is 12.1. The molecular formula is C10H14N6O. The van der Waals surface area contributed by atoms with E-state index in [1.54, 1.807) is 24.0 Å². The van der Waals surface area contributed by atoms with Gasteiger partial charge in [-0.05, 0) is 12.5 Å². The predicted molar refractivity (Wildman–Crippen MR) is 60.2 cm³/mol. The Morgan fingerprint density at radius 2 is 2.47 bits per heavy atom. The molecule has 0 aliphatic carbocycles. The average molecular weight is 234 g/mol. The second-order valence-electron chi connectivity index (χ2n) is 3.67. The fraction of sp³-hybridized carbons (Fsp3) is 0.400. The van der Waals surface area contributed by atoms with Gasteiger partial charge in [-0.2, -0.15) is 10.2 Å². The van der Waals surface area contributed by atoms with Crippen molar-refractivity contribution in [2.75, 3.05) is 6.54 Å². The Bertz CT molecular complexity index is 475. The molecule has 0 radical (unpaired) electrons. The smallest absolute Gasteiger partial charge is 0.271 e. The summed E-state index contributed by atoms with van der Waals surface area (Å²) >= 11 is 0. The van der Waals surface area contributed by atoms with E-state index in [0.29, 0.717) is 12.2 Å². The van der Waals surface area contributed by atoms with Gasteiger partial charge in [-0.25, -0.2) is 4.98 Å². The van der Waals surface area contributed by atoms with Crippen molar-refractivity contribution in [2.24, 2.45) is 7.05 Å². The van der Waals surface area contributed by atoms with Crippen molar-refractivity contribution in [3.05, 3.63) is 30.1 Å². The molecule has 0 unspecified atom stereocenters. The van der Waals surface area contributed by atoms with Gasteiger partial charge in [0.05, 0.1) is 0 Å². The van der Waals surface area contributed by atoms with Crippen LogP contribution in [0.25, 0.3) is 0 Å². The number of carbonyl (C=O) groups is 1. The van der Waals surface area contributed by atoms with Crippen molar-refractivity contribution in [1.29, 1.82) is 0 Å². The van der Waals surface area contributed by atoms with Crippen molar-refractivity contribution in [3.8, 4) is 0 Å². The Balaban J connectivity index is 1.70. The molecule has 17 heavy (non-hydrogen) atoms. The standard InChI is InChI=1S/C10H14N6O/c1-16-6-4-8(15-16)10(17)11-5-2-3-9-12-7-13-14-9/h4,6-7H,2-3,5H2,1H3,(H,11,17)(H,12,13,14). The van der Waals surface area contributed by atoms with E-state index in [0.717, 1.165) is 18.7 Å². The molecule has 0 aliphatic heterocycles. The lowest BCUT2D eigenvalue weighted by Gasteiger charge is -2.01. The number of aryl methyl sites for hydroxylation is 2. The van der Waals surface area contributed by atoms with Crippen LogP contribution in [-0.2, 0) is 13.5 Å². The molecule has 2 rings (SSSR count). The van der Waals surface area contributed by atoms with Gasteiger partial charge in [0.1, 0.15) is 17.8 Å². The molecule has 0 bridgehead atoms. The Kier molecular flexibility index (Phi) is 3.49. The zero-order valence-electron chi connectivity index (χ0n) is 9.55. The molecule has 2 aromatic rings. The summed E-state index contributed by atoms with van der Waals surface area (Å²) in [4.78, 5) is 15.6. The summed E-state index contributed by atoms with van der Waals surface area (Å²) in [5.41, 5.74) is 0.437. The first-order chi connectivity index (χ1) is 8.25. The molecule has 90 valence electrons. The van der Waals surface area contributed by atoms with Crippen LogP contribution < -0.4 is 5.32 Å². The zero-order valence-corrected chi connectivity index (χ0v) is 9.55. The van der Waals surface area contributed by atoms with E-state index in [1.165, 1.54) is 6.33 Å². The van der Waals surface area contributed by atoms with Gasteiger partial charge in [0.25, 0.3) is 5.91 Å². The predicted octanol–water partition coefficient (Wildman–Crippen LogP) is -0.0992. The topological polar surface area (TPSA) is 88.5 Å². The second kappa shape index (κ2) is 5.24. The third-order valence-electron chi connectivity index (χ3n) is 2.29. The minimum absolute atomic E-state index is 0.150. The monoisotopic (exact) mass is 234 g/mol. The highest BCUT2D eigenvalue weighted by atomic mass is 16.1. The van der Waals surface area contributed by atoms with Crippen LogP contribution in [0.1, 0.15) is 22.7 Å². The van der Waals surface area contributed by atoms with Gasteiger partial charge in [0.15, 0.2) is 0 Å². The van der Waals surface area contributed by atoms with E-state index < -0.39 is 0 Å². The summed E-state index contributed by atoms with van der Waals surface area (Å²) in [6, 6.07) is 1.69. The molecule has 0 aliphatic rings. The van der Waals surface area contributed by atoms with Gasteiger partial charge < -0.3 is 5.32 Å². The SMILES string of the molecule is Cn1ccc(C(=O)NCCCc2ncn[nH]2)n1. The number of amides is 1. The van der Waals surface area contributed by atoms with Gasteiger partial charge in [-0.1, -0.05) is 0 Å². The summed E-state index contributed by atoms with van der Waals surface area (Å²) in [7, 11) is 1.78. The number of nitrogens with one attached hydrogen (secondary N) is 2. The fourth-order valence-corrected chi connectivity index (χ4v) is 1.44. The summed E-state index contributed by atoms with van der Waals surface area (Å²) in [5, 5.41) is 13.3. The largest absolute Gasteiger partial charge is 0.351 e. The fourth-order valence-electron chi connectivity index (χ4n) is 1.44. The first-order valence-corrected chi connectivity index (χ1v) is 5.38. The van der Waals surface area contributed by atoms with E-state index in [2.05, 4.69) is 25.6 Å². The highest BCUT2D eigenvalue weighted by Crippen LogP contribution is 1.95. The quantitative estimate of drug-likeness (QED) is 0.707. The molecule has 0 saturated carbocycles. The number of H-pyrrole nitrogens is 1. The molecule has 0 fully saturated rings. The normalized spacial score (nSPS) is 10.4. The van der Waals surface area contributed by atoms with Crippen LogP contribution >= 0.6 is 0 Å². The van der Waals surface area contributed by atoms with Crippen LogP contribution in [0.4, 0.5) is 0 Å². The minimum Gasteiger partial charge on any atom is -0.351 e. The molecule has 0 atom stereocenters. The maximum absolute atomic E-state index is 11.6. The number of rotatable bonds is 5. The highest BCUT2D eigenvalue weighted by molar-refractivity contribution is 5.92. The van der Waals surface area contributed by atoms with E-state index in [9.17, 15) is 4.79 Å². The van der Waals surface area contributed by atoms with Gasteiger partial charge in [-0.15, -0.1) is 0 Å². The molecular weight excluding hydrogens is 220 g/mol. The van der Waals surface area contributed by atoms with Crippen LogP contribution in [0, 0.1) is 0 Å². The van der Waals surface area contributed by atoms with Gasteiger partial charge >= 0.3 is 0 Å². The maximum Gasteiger partial charge on any atom is 0.271 e. The molecule has 7 heteroatoms. The number of hydrogen-bond donors (Lipinski definition) is 2. The molecule has 0 saturated heterocycles. The van der Waals surface area contributed by atoms with Crippen molar-refractivity contribution in [3.63, 3.8) is 0 Å². The number of hydrogen-bond acceptors (Lipinski definition) is 4. The number of carbonyl (C=O) groups excluding carboxylic acids is 1. The second-order valence-corrected chi connectivity index (χ2v) is 3.67. The van der Waals surface area contributed by atoms with Crippen LogP contribution in [0.2, 0.25) is 0 Å². The lowest BCUT2D eigenvalue weighted by Crippen LogP contribution is -2.25. The summed E-state index contributed by atoms with van der Waals surface area (Å²) in [6.45, 7) is 0.593. The molecule has 2 aromatic heterocycles. The van der Waals surface area contributed by atoms with E-state index >= 15 is 0 Å². The van der Waals surface area contributed by atoms with Gasteiger partial charge in [0, 0.05) is 26.2 Å². The Morgan fingerprint density at radius 1 is 1.59 bits per heavy atom. The van der Waals surface area contributed by atoms with Crippen LogP contribution in [0.5, 0.6) is 0 Å². The van der Waals surface area contributed by atoms with Crippen molar-refractivity contribution >= 4 is 5.91 Å². The van der Waals surface area contributed by atoms with E-state index in [1.807, 2.05) is 0 Å². The van der Waals surface area contributed by atoms with Gasteiger partial charge in [-0.3, -0.25) is 14.6 Å². The van der Waals surface area contributed by atoms with Crippen molar-refractivity contribution in [2.45, 2.75) is 12.8 Å². The lowest BCUT2D eigenvalue weighted by molar-refractivity contribution is 0.0947. The molecule has 0 spiro atoms. The summed E-state index contributed by atoms with van der Waals surface area (Å²) in [5.74, 6) is 0.681. The van der Waals surface area contributed by atoms with E-state index in [-0.39, 0.29) is 5.91 Å². The van der Waals surface area contributed by atoms with Crippen LogP contribution in [0.3, 0.4) is 0 Å². The Labute approximate surface area is 98.2 Å². The number of nitrogens with zero attached hydrogens (tertiary/aromatic N) is 4. The number of aromatic nitrogens is 5. The Morgan fingerprint density at radius 3 is 3.12 bits per heavy atom. The molecule has 1 amide bonds. The molecule has 0 aromatic carbocycles. The molecule has 2 N–H and O–H groups in total. The first-order valence-electron chi connectivity index (χ1n) is 5.38. The first kappa shape index (κ1) is 11.3.